The lowest BCUT2D eigenvalue weighted by molar-refractivity contribution is -0.116. The van der Waals surface area contributed by atoms with Gasteiger partial charge in [-0.1, -0.05) is 12.1 Å². The molecule has 2 aromatic rings. The number of hydrogen-bond donors (Lipinski definition) is 2. The van der Waals surface area contributed by atoms with Crippen LogP contribution in [0.4, 0.5) is 11.4 Å². The van der Waals surface area contributed by atoms with E-state index in [9.17, 15) is 9.59 Å². The Hall–Kier alpha value is -2.82. The number of carbonyl (C=O) groups excluding carboxylic acids is 2. The summed E-state index contributed by atoms with van der Waals surface area (Å²) < 4.78 is 5.46. The number of amides is 2. The van der Waals surface area contributed by atoms with Gasteiger partial charge in [-0.25, -0.2) is 0 Å². The fraction of sp³-hybridized carbons (Fsp3) is 0.222. The van der Waals surface area contributed by atoms with Gasteiger partial charge in [0.25, 0.3) is 0 Å². The molecule has 5 heteroatoms. The van der Waals surface area contributed by atoms with Crippen LogP contribution in [0.1, 0.15) is 18.1 Å². The maximum absolute atomic E-state index is 12.1. The van der Waals surface area contributed by atoms with Gasteiger partial charge in [0, 0.05) is 24.7 Å². The van der Waals surface area contributed by atoms with Crippen molar-refractivity contribution in [1.82, 2.24) is 0 Å². The fourth-order valence-corrected chi connectivity index (χ4v) is 2.58. The van der Waals surface area contributed by atoms with Crippen molar-refractivity contribution in [3.05, 3.63) is 53.6 Å². The molecule has 0 bridgehead atoms. The number of anilines is 2. The number of rotatable bonds is 4. The highest BCUT2D eigenvalue weighted by Gasteiger charge is 2.13. The first-order valence-corrected chi connectivity index (χ1v) is 7.52. The molecule has 2 amide bonds. The average Bonchev–Trinajstić information content (AvgIpc) is 2.96. The Morgan fingerprint density at radius 2 is 1.74 bits per heavy atom. The largest absolute Gasteiger partial charge is 0.493 e. The van der Waals surface area contributed by atoms with E-state index in [1.54, 1.807) is 24.3 Å². The van der Waals surface area contributed by atoms with Crippen molar-refractivity contribution in [1.29, 1.82) is 0 Å². The van der Waals surface area contributed by atoms with Gasteiger partial charge >= 0.3 is 0 Å². The molecular formula is C18H18N2O3. The van der Waals surface area contributed by atoms with Gasteiger partial charge in [-0.15, -0.1) is 0 Å². The molecule has 2 N–H and O–H groups in total. The molecular weight excluding hydrogens is 292 g/mol. The van der Waals surface area contributed by atoms with Crippen molar-refractivity contribution in [2.45, 2.75) is 19.8 Å². The SMILES string of the molecule is CC(=O)Nc1ccc(NC(=O)Cc2ccc3c(c2)CCO3)cc1. The molecule has 0 aliphatic carbocycles. The highest BCUT2D eigenvalue weighted by molar-refractivity contribution is 5.93. The standard InChI is InChI=1S/C18H18N2O3/c1-12(21)19-15-3-5-16(6-4-15)20-18(22)11-13-2-7-17-14(10-13)8-9-23-17/h2-7,10H,8-9,11H2,1H3,(H,19,21)(H,20,22). The smallest absolute Gasteiger partial charge is 0.228 e. The van der Waals surface area contributed by atoms with E-state index in [1.165, 1.54) is 6.92 Å². The van der Waals surface area contributed by atoms with Gasteiger partial charge in [0.2, 0.25) is 11.8 Å². The van der Waals surface area contributed by atoms with Crippen LogP contribution in [0.5, 0.6) is 5.75 Å². The second kappa shape index (κ2) is 6.52. The Labute approximate surface area is 134 Å². The summed E-state index contributed by atoms with van der Waals surface area (Å²) in [6.45, 7) is 2.17. The molecule has 0 atom stereocenters. The van der Waals surface area contributed by atoms with Crippen molar-refractivity contribution in [3.8, 4) is 5.75 Å². The summed E-state index contributed by atoms with van der Waals surface area (Å²) in [5.74, 6) is 0.723. The Bertz CT molecular complexity index is 738. The molecule has 1 aliphatic heterocycles. The van der Waals surface area contributed by atoms with E-state index in [2.05, 4.69) is 10.6 Å². The Morgan fingerprint density at radius 3 is 2.43 bits per heavy atom. The van der Waals surface area contributed by atoms with Gasteiger partial charge in [0.1, 0.15) is 5.75 Å². The number of carbonyl (C=O) groups is 2. The van der Waals surface area contributed by atoms with Gasteiger partial charge in [-0.2, -0.15) is 0 Å². The molecule has 118 valence electrons. The lowest BCUT2D eigenvalue weighted by Crippen LogP contribution is -2.14. The zero-order chi connectivity index (χ0) is 16.2. The minimum absolute atomic E-state index is 0.0730. The number of ether oxygens (including phenoxy) is 1. The summed E-state index contributed by atoms with van der Waals surface area (Å²) >= 11 is 0. The van der Waals surface area contributed by atoms with Crippen molar-refractivity contribution in [3.63, 3.8) is 0 Å². The lowest BCUT2D eigenvalue weighted by Gasteiger charge is -2.08. The summed E-state index contributed by atoms with van der Waals surface area (Å²) in [4.78, 5) is 23.1. The van der Waals surface area contributed by atoms with Gasteiger partial charge in [0.15, 0.2) is 0 Å². The second-order valence-corrected chi connectivity index (χ2v) is 5.52. The van der Waals surface area contributed by atoms with Crippen LogP contribution >= 0.6 is 0 Å². The maximum atomic E-state index is 12.1. The number of nitrogens with one attached hydrogen (secondary N) is 2. The van der Waals surface area contributed by atoms with Crippen LogP contribution in [0.15, 0.2) is 42.5 Å². The van der Waals surface area contributed by atoms with E-state index in [1.807, 2.05) is 18.2 Å². The van der Waals surface area contributed by atoms with Crippen molar-refractivity contribution in [2.75, 3.05) is 17.2 Å². The molecule has 1 aliphatic rings. The highest BCUT2D eigenvalue weighted by Crippen LogP contribution is 2.26. The molecule has 1 heterocycles. The maximum Gasteiger partial charge on any atom is 0.228 e. The lowest BCUT2D eigenvalue weighted by atomic mass is 10.1. The van der Waals surface area contributed by atoms with Gasteiger partial charge in [-0.3, -0.25) is 9.59 Å². The quantitative estimate of drug-likeness (QED) is 0.912. The molecule has 0 saturated heterocycles. The molecule has 0 fully saturated rings. The monoisotopic (exact) mass is 310 g/mol. The van der Waals surface area contributed by atoms with Crippen LogP contribution in [0.25, 0.3) is 0 Å². The normalized spacial score (nSPS) is 12.2. The van der Waals surface area contributed by atoms with Crippen LogP contribution in [0.3, 0.4) is 0 Å². The average molecular weight is 310 g/mol. The third-order valence-corrected chi connectivity index (χ3v) is 3.61. The summed E-state index contributed by atoms with van der Waals surface area (Å²) in [5, 5.41) is 5.54. The van der Waals surface area contributed by atoms with Crippen molar-refractivity contribution in [2.24, 2.45) is 0 Å². The molecule has 0 aromatic heterocycles. The summed E-state index contributed by atoms with van der Waals surface area (Å²) in [6.07, 6.45) is 1.22. The fourth-order valence-electron chi connectivity index (χ4n) is 2.58. The molecule has 23 heavy (non-hydrogen) atoms. The molecule has 3 rings (SSSR count). The number of hydrogen-bond acceptors (Lipinski definition) is 3. The third kappa shape index (κ3) is 3.88. The summed E-state index contributed by atoms with van der Waals surface area (Å²) in [6, 6.07) is 12.9. The van der Waals surface area contributed by atoms with E-state index < -0.39 is 0 Å². The van der Waals surface area contributed by atoms with Crippen LogP contribution in [-0.2, 0) is 22.4 Å². The second-order valence-electron chi connectivity index (χ2n) is 5.52. The highest BCUT2D eigenvalue weighted by atomic mass is 16.5. The van der Waals surface area contributed by atoms with E-state index in [0.29, 0.717) is 24.4 Å². The predicted octanol–water partition coefficient (Wildman–Crippen LogP) is 2.76. The molecule has 0 radical (unpaired) electrons. The van der Waals surface area contributed by atoms with Crippen LogP contribution in [0.2, 0.25) is 0 Å². The van der Waals surface area contributed by atoms with Crippen molar-refractivity contribution >= 4 is 23.2 Å². The van der Waals surface area contributed by atoms with E-state index in [0.717, 1.165) is 23.3 Å². The molecule has 0 saturated carbocycles. The van der Waals surface area contributed by atoms with E-state index in [4.69, 9.17) is 4.74 Å². The minimum Gasteiger partial charge on any atom is -0.493 e. The van der Waals surface area contributed by atoms with Crippen molar-refractivity contribution < 1.29 is 14.3 Å². The Kier molecular flexibility index (Phi) is 4.28. The topological polar surface area (TPSA) is 67.4 Å². The van der Waals surface area contributed by atoms with E-state index in [-0.39, 0.29) is 11.8 Å². The molecule has 0 spiro atoms. The van der Waals surface area contributed by atoms with E-state index >= 15 is 0 Å². The van der Waals surface area contributed by atoms with Gasteiger partial charge in [-0.05, 0) is 41.5 Å². The molecule has 0 unspecified atom stereocenters. The predicted molar refractivity (Wildman–Crippen MR) is 88.7 cm³/mol. The minimum atomic E-state index is -0.123. The van der Waals surface area contributed by atoms with Crippen LogP contribution in [-0.4, -0.2) is 18.4 Å². The zero-order valence-electron chi connectivity index (χ0n) is 12.9. The van der Waals surface area contributed by atoms with Crippen LogP contribution < -0.4 is 15.4 Å². The van der Waals surface area contributed by atoms with Gasteiger partial charge in [0.05, 0.1) is 13.0 Å². The first-order valence-electron chi connectivity index (χ1n) is 7.52. The Balaban J connectivity index is 1.59. The zero-order valence-corrected chi connectivity index (χ0v) is 12.9. The molecule has 2 aromatic carbocycles. The summed E-state index contributed by atoms with van der Waals surface area (Å²) in [7, 11) is 0. The third-order valence-electron chi connectivity index (χ3n) is 3.61. The molecule has 5 nitrogen and oxygen atoms in total. The van der Waals surface area contributed by atoms with Crippen LogP contribution in [0, 0.1) is 0 Å². The summed E-state index contributed by atoms with van der Waals surface area (Å²) in [5.41, 5.74) is 3.54. The first-order chi connectivity index (χ1) is 11.1. The Morgan fingerprint density at radius 1 is 1.04 bits per heavy atom. The number of benzene rings is 2. The van der Waals surface area contributed by atoms with Gasteiger partial charge < -0.3 is 15.4 Å². The number of fused-ring (bicyclic) bond motifs is 1. The first kappa shape index (κ1) is 15.1.